The number of carbonyl (C=O) groups is 1. The lowest BCUT2D eigenvalue weighted by Crippen LogP contribution is -2.30. The Kier molecular flexibility index (Phi) is 8.57. The van der Waals surface area contributed by atoms with Gasteiger partial charge in [0.25, 0.3) is 5.91 Å². The maximum Gasteiger partial charge on any atom is 0.325 e. The van der Waals surface area contributed by atoms with Gasteiger partial charge in [0.15, 0.2) is 0 Å². The van der Waals surface area contributed by atoms with Crippen LogP contribution in [0.2, 0.25) is 0 Å². The second-order valence-corrected chi connectivity index (χ2v) is 8.43. The zero-order valence-electron chi connectivity index (χ0n) is 21.0. The summed E-state index contributed by atoms with van der Waals surface area (Å²) in [7, 11) is 1.62. The highest BCUT2D eigenvalue weighted by molar-refractivity contribution is 5.94. The molecule has 0 radical (unpaired) electrons. The van der Waals surface area contributed by atoms with Gasteiger partial charge in [0.05, 0.1) is 13.3 Å². The van der Waals surface area contributed by atoms with Crippen molar-refractivity contribution in [3.8, 4) is 29.1 Å². The van der Waals surface area contributed by atoms with Crippen LogP contribution in [0.5, 0.6) is 29.1 Å². The molecule has 0 spiro atoms. The van der Waals surface area contributed by atoms with Crippen molar-refractivity contribution in [2.24, 2.45) is 0 Å². The number of hydrogen-bond acceptors (Lipinski definition) is 8. The Balaban J connectivity index is 1.51. The van der Waals surface area contributed by atoms with Crippen molar-refractivity contribution < 1.29 is 19.0 Å². The molecule has 9 heteroatoms. The molecule has 36 heavy (non-hydrogen) atoms. The molecular formula is C27H33N5O4. The summed E-state index contributed by atoms with van der Waals surface area (Å²) in [6, 6.07) is 14.8. The second-order valence-electron chi connectivity index (χ2n) is 8.43. The van der Waals surface area contributed by atoms with Gasteiger partial charge in [-0.1, -0.05) is 0 Å². The highest BCUT2D eigenvalue weighted by atomic mass is 16.5. The Morgan fingerprint density at radius 2 is 1.69 bits per heavy atom. The molecule has 1 aliphatic rings. The van der Waals surface area contributed by atoms with Gasteiger partial charge in [0.1, 0.15) is 22.9 Å². The van der Waals surface area contributed by atoms with E-state index in [2.05, 4.69) is 20.6 Å². The molecule has 190 valence electrons. The maximum absolute atomic E-state index is 12.6. The van der Waals surface area contributed by atoms with Crippen molar-refractivity contribution in [3.05, 3.63) is 60.3 Å². The van der Waals surface area contributed by atoms with Crippen molar-refractivity contribution >= 4 is 11.6 Å². The number of nitrogens with zero attached hydrogens (tertiary/aromatic N) is 3. The number of hydrogen-bond donors (Lipinski definition) is 2. The first-order valence-electron chi connectivity index (χ1n) is 12.3. The van der Waals surface area contributed by atoms with Crippen LogP contribution in [0.25, 0.3) is 0 Å². The van der Waals surface area contributed by atoms with Gasteiger partial charge < -0.3 is 29.7 Å². The highest BCUT2D eigenvalue weighted by Crippen LogP contribution is 2.31. The number of rotatable bonds is 11. The van der Waals surface area contributed by atoms with E-state index in [0.29, 0.717) is 47.8 Å². The quantitative estimate of drug-likeness (QED) is 0.398. The van der Waals surface area contributed by atoms with Gasteiger partial charge >= 0.3 is 6.01 Å². The number of benzene rings is 2. The Labute approximate surface area is 211 Å². The van der Waals surface area contributed by atoms with Crippen molar-refractivity contribution in [1.29, 1.82) is 0 Å². The van der Waals surface area contributed by atoms with Crippen molar-refractivity contribution in [3.63, 3.8) is 0 Å². The number of nitrogens with one attached hydrogen (secondary N) is 2. The van der Waals surface area contributed by atoms with Crippen molar-refractivity contribution in [2.75, 3.05) is 38.6 Å². The van der Waals surface area contributed by atoms with Gasteiger partial charge in [0.2, 0.25) is 5.88 Å². The molecule has 1 aromatic heterocycles. The molecule has 4 rings (SSSR count). The molecule has 1 fully saturated rings. The van der Waals surface area contributed by atoms with Crippen LogP contribution in [0.15, 0.2) is 54.7 Å². The summed E-state index contributed by atoms with van der Waals surface area (Å²) in [5, 5.41) is 6.87. The lowest BCUT2D eigenvalue weighted by atomic mass is 10.2. The third kappa shape index (κ3) is 6.42. The zero-order valence-corrected chi connectivity index (χ0v) is 21.0. The minimum atomic E-state index is -0.00911. The van der Waals surface area contributed by atoms with Gasteiger partial charge in [-0.2, -0.15) is 4.98 Å². The molecular weight excluding hydrogens is 458 g/mol. The minimum absolute atomic E-state index is 0.00911. The van der Waals surface area contributed by atoms with Gasteiger partial charge in [0, 0.05) is 31.2 Å². The molecule has 2 N–H and O–H groups in total. The van der Waals surface area contributed by atoms with E-state index in [0.717, 1.165) is 25.3 Å². The predicted octanol–water partition coefficient (Wildman–Crippen LogP) is 4.72. The number of amides is 1. The molecule has 3 aromatic rings. The van der Waals surface area contributed by atoms with Crippen LogP contribution in [-0.4, -0.2) is 60.1 Å². The van der Waals surface area contributed by atoms with E-state index in [1.165, 1.54) is 6.42 Å². The summed E-state index contributed by atoms with van der Waals surface area (Å²) in [4.78, 5) is 23.2. The van der Waals surface area contributed by atoms with Crippen LogP contribution in [0.4, 0.5) is 5.69 Å². The molecule has 1 atom stereocenters. The smallest absolute Gasteiger partial charge is 0.325 e. The molecule has 2 aromatic carbocycles. The van der Waals surface area contributed by atoms with E-state index < -0.39 is 0 Å². The van der Waals surface area contributed by atoms with Crippen LogP contribution in [0.1, 0.15) is 37.0 Å². The molecule has 2 heterocycles. The molecule has 0 bridgehead atoms. The normalized spacial score (nSPS) is 14.8. The zero-order chi connectivity index (χ0) is 25.3. The fourth-order valence-electron chi connectivity index (χ4n) is 3.98. The molecule has 1 amide bonds. The molecule has 9 nitrogen and oxygen atoms in total. The number of ether oxygens (including phenoxy) is 3. The molecule has 0 aliphatic carbocycles. The average molecular weight is 492 g/mol. The van der Waals surface area contributed by atoms with Crippen LogP contribution in [0.3, 0.4) is 0 Å². The SMILES string of the molecule is CCN(CC)C(=O)c1ccc(Oc2ncc(NCC3CCCN3)c(Oc3ccc(OC)cc3)n2)cc1. The van der Waals surface area contributed by atoms with Crippen LogP contribution < -0.4 is 24.8 Å². The summed E-state index contributed by atoms with van der Waals surface area (Å²) >= 11 is 0. The van der Waals surface area contributed by atoms with Crippen molar-refractivity contribution in [2.45, 2.75) is 32.7 Å². The van der Waals surface area contributed by atoms with E-state index in [9.17, 15) is 4.79 Å². The predicted molar refractivity (Wildman–Crippen MR) is 138 cm³/mol. The minimum Gasteiger partial charge on any atom is -0.497 e. The fraction of sp³-hybridized carbons (Fsp3) is 0.370. The fourth-order valence-corrected chi connectivity index (χ4v) is 3.98. The first-order valence-corrected chi connectivity index (χ1v) is 12.3. The van der Waals surface area contributed by atoms with Crippen LogP contribution >= 0.6 is 0 Å². The second kappa shape index (κ2) is 12.2. The molecule has 0 saturated carbocycles. The molecule has 1 aliphatic heterocycles. The van der Waals surface area contributed by atoms with E-state index in [-0.39, 0.29) is 11.9 Å². The third-order valence-corrected chi connectivity index (χ3v) is 6.07. The number of aromatic nitrogens is 2. The van der Waals surface area contributed by atoms with Gasteiger partial charge in [-0.15, -0.1) is 0 Å². The van der Waals surface area contributed by atoms with Gasteiger partial charge in [-0.25, -0.2) is 4.98 Å². The van der Waals surface area contributed by atoms with E-state index in [4.69, 9.17) is 14.2 Å². The summed E-state index contributed by atoms with van der Waals surface area (Å²) in [6.45, 7) is 7.02. The average Bonchev–Trinajstić information content (AvgIpc) is 3.43. The Morgan fingerprint density at radius 3 is 2.33 bits per heavy atom. The maximum atomic E-state index is 12.6. The molecule has 1 saturated heterocycles. The van der Waals surface area contributed by atoms with Gasteiger partial charge in [-0.3, -0.25) is 4.79 Å². The summed E-state index contributed by atoms with van der Waals surface area (Å²) in [5.74, 6) is 2.23. The number of carbonyl (C=O) groups excluding carboxylic acids is 1. The first kappa shape index (κ1) is 25.2. The van der Waals surface area contributed by atoms with E-state index >= 15 is 0 Å². The number of methoxy groups -OCH3 is 1. The van der Waals surface area contributed by atoms with Gasteiger partial charge in [-0.05, 0) is 81.8 Å². The lowest BCUT2D eigenvalue weighted by Gasteiger charge is -2.18. The summed E-state index contributed by atoms with van der Waals surface area (Å²) in [6.07, 6.45) is 3.95. The van der Waals surface area contributed by atoms with E-state index in [1.54, 1.807) is 42.5 Å². The number of anilines is 1. The monoisotopic (exact) mass is 491 g/mol. The summed E-state index contributed by atoms with van der Waals surface area (Å²) < 4.78 is 17.2. The Morgan fingerprint density at radius 1 is 1.03 bits per heavy atom. The molecule has 1 unspecified atom stereocenters. The Bertz CT molecular complexity index is 1130. The third-order valence-electron chi connectivity index (χ3n) is 6.07. The standard InChI is InChI=1S/C27H33N5O4/c1-4-32(5-2)26(33)19-8-10-23(11-9-19)36-27-30-18-24(29-17-20-7-6-16-28-20)25(31-27)35-22-14-12-21(34-3)13-15-22/h8-15,18,20,28-29H,4-7,16-17H2,1-3H3. The lowest BCUT2D eigenvalue weighted by molar-refractivity contribution is 0.0773. The summed E-state index contributed by atoms with van der Waals surface area (Å²) in [5.41, 5.74) is 1.28. The topological polar surface area (TPSA) is 97.8 Å². The first-order chi connectivity index (χ1) is 17.6. The van der Waals surface area contributed by atoms with E-state index in [1.807, 2.05) is 38.1 Å². The highest BCUT2D eigenvalue weighted by Gasteiger charge is 2.17. The van der Waals surface area contributed by atoms with Crippen molar-refractivity contribution in [1.82, 2.24) is 20.2 Å². The van der Waals surface area contributed by atoms with Crippen LogP contribution in [-0.2, 0) is 0 Å². The Hall–Kier alpha value is -3.85. The largest absolute Gasteiger partial charge is 0.497 e. The van der Waals surface area contributed by atoms with Crippen LogP contribution in [0, 0.1) is 0 Å².